The summed E-state index contributed by atoms with van der Waals surface area (Å²) >= 11 is 0. The van der Waals surface area contributed by atoms with Gasteiger partial charge in [0.05, 0.1) is 12.3 Å². The molecule has 2 aromatic rings. The van der Waals surface area contributed by atoms with E-state index in [1.165, 1.54) is 0 Å². The number of hydrogen-bond acceptors (Lipinski definition) is 2. The van der Waals surface area contributed by atoms with Crippen molar-refractivity contribution in [2.45, 2.75) is 26.7 Å². The molecule has 90 valence electrons. The van der Waals surface area contributed by atoms with E-state index in [9.17, 15) is 5.11 Å². The summed E-state index contributed by atoms with van der Waals surface area (Å²) < 4.78 is 1.85. The Morgan fingerprint density at radius 1 is 1.35 bits per heavy atom. The lowest BCUT2D eigenvalue weighted by molar-refractivity contribution is -0.661. The minimum atomic E-state index is 0.309. The lowest BCUT2D eigenvalue weighted by atomic mass is 10.0. The number of rotatable bonds is 2. The van der Waals surface area contributed by atoms with Crippen molar-refractivity contribution in [1.29, 1.82) is 0 Å². The summed E-state index contributed by atoms with van der Waals surface area (Å²) in [5.41, 5.74) is 9.24. The van der Waals surface area contributed by atoms with Crippen LogP contribution in [0.25, 0.3) is 5.69 Å². The van der Waals surface area contributed by atoms with E-state index in [2.05, 4.69) is 18.9 Å². The predicted octanol–water partition coefficient (Wildman–Crippen LogP) is 2.01. The fourth-order valence-electron chi connectivity index (χ4n) is 1.89. The molecule has 0 amide bonds. The summed E-state index contributed by atoms with van der Waals surface area (Å²) in [5.74, 6) is 0.626. The van der Waals surface area contributed by atoms with E-state index in [-0.39, 0.29) is 0 Å². The smallest absolute Gasteiger partial charge is 0.239 e. The van der Waals surface area contributed by atoms with Gasteiger partial charge in [-0.2, -0.15) is 5.10 Å². The maximum Gasteiger partial charge on any atom is 0.239 e. The van der Waals surface area contributed by atoms with Gasteiger partial charge in [0, 0.05) is 13.0 Å². The molecule has 1 aromatic carbocycles. The molecule has 1 aromatic heterocycles. The molecule has 4 nitrogen and oxygen atoms in total. The lowest BCUT2D eigenvalue weighted by Gasteiger charge is -2.07. The van der Waals surface area contributed by atoms with Gasteiger partial charge in [0.1, 0.15) is 11.4 Å². The Morgan fingerprint density at radius 3 is 2.53 bits per heavy atom. The maximum absolute atomic E-state index is 9.96. The SMILES string of the molecule is Cc1c(N)c[nH][n+]1-c1ccc(C(C)C)c(O)c1. The topological polar surface area (TPSA) is 65.9 Å². The Hall–Kier alpha value is -1.97. The largest absolute Gasteiger partial charge is 0.507 e. The summed E-state index contributed by atoms with van der Waals surface area (Å²) in [6.45, 7) is 6.04. The fourth-order valence-corrected chi connectivity index (χ4v) is 1.89. The highest BCUT2D eigenvalue weighted by Gasteiger charge is 2.17. The molecule has 0 aliphatic heterocycles. The molecule has 0 atom stereocenters. The van der Waals surface area contributed by atoms with Gasteiger partial charge in [0.25, 0.3) is 0 Å². The molecular formula is C13H18N3O+. The molecule has 2 rings (SSSR count). The minimum Gasteiger partial charge on any atom is -0.507 e. The Labute approximate surface area is 101 Å². The first-order valence-electron chi connectivity index (χ1n) is 5.69. The monoisotopic (exact) mass is 232 g/mol. The molecule has 0 aliphatic carbocycles. The number of nitrogens with two attached hydrogens (primary N) is 1. The number of H-pyrrole nitrogens is 1. The van der Waals surface area contributed by atoms with Crippen molar-refractivity contribution in [3.63, 3.8) is 0 Å². The number of nitrogen functional groups attached to an aromatic ring is 1. The van der Waals surface area contributed by atoms with Crippen molar-refractivity contribution in [3.05, 3.63) is 35.7 Å². The fraction of sp³-hybridized carbons (Fsp3) is 0.308. The van der Waals surface area contributed by atoms with Gasteiger partial charge in [0.2, 0.25) is 11.4 Å². The number of nitrogens with zero attached hydrogens (tertiary/aromatic N) is 1. The van der Waals surface area contributed by atoms with Crippen LogP contribution in [-0.2, 0) is 0 Å². The zero-order valence-corrected chi connectivity index (χ0v) is 10.4. The summed E-state index contributed by atoms with van der Waals surface area (Å²) in [4.78, 5) is 0. The minimum absolute atomic E-state index is 0.309. The number of anilines is 1. The van der Waals surface area contributed by atoms with Gasteiger partial charge in [-0.25, -0.2) is 0 Å². The van der Waals surface area contributed by atoms with Crippen LogP contribution < -0.4 is 10.4 Å². The van der Waals surface area contributed by atoms with Crippen molar-refractivity contribution >= 4 is 5.69 Å². The summed E-state index contributed by atoms with van der Waals surface area (Å²) in [6, 6.07) is 5.66. The van der Waals surface area contributed by atoms with Crippen molar-refractivity contribution in [1.82, 2.24) is 5.10 Å². The van der Waals surface area contributed by atoms with E-state index in [4.69, 9.17) is 5.73 Å². The normalized spacial score (nSPS) is 11.1. The first kappa shape index (κ1) is 11.5. The molecule has 0 fully saturated rings. The van der Waals surface area contributed by atoms with Crippen LogP contribution in [0.3, 0.4) is 0 Å². The van der Waals surface area contributed by atoms with Crippen LogP contribution in [0.5, 0.6) is 5.75 Å². The van der Waals surface area contributed by atoms with Gasteiger partial charge in [-0.1, -0.05) is 18.5 Å². The molecule has 0 saturated heterocycles. The number of nitrogens with one attached hydrogen (secondary N) is 1. The zero-order valence-electron chi connectivity index (χ0n) is 10.4. The van der Waals surface area contributed by atoms with E-state index in [0.717, 1.165) is 16.9 Å². The second-order valence-corrected chi connectivity index (χ2v) is 4.55. The Morgan fingerprint density at radius 2 is 2.06 bits per heavy atom. The highest BCUT2D eigenvalue weighted by atomic mass is 16.3. The summed E-state index contributed by atoms with van der Waals surface area (Å²) in [7, 11) is 0. The molecule has 1 heterocycles. The third kappa shape index (κ3) is 1.98. The lowest BCUT2D eigenvalue weighted by Crippen LogP contribution is -2.35. The Balaban J connectivity index is 2.48. The molecular weight excluding hydrogens is 214 g/mol. The zero-order chi connectivity index (χ0) is 12.6. The Kier molecular flexibility index (Phi) is 2.79. The first-order chi connectivity index (χ1) is 8.00. The number of phenolic OH excluding ortho intramolecular Hbond substituents is 1. The molecule has 0 unspecified atom stereocenters. The van der Waals surface area contributed by atoms with E-state index in [0.29, 0.717) is 17.4 Å². The summed E-state index contributed by atoms with van der Waals surface area (Å²) in [6.07, 6.45) is 1.74. The van der Waals surface area contributed by atoms with Crippen molar-refractivity contribution in [2.24, 2.45) is 0 Å². The van der Waals surface area contributed by atoms with Gasteiger partial charge in [-0.05, 0) is 17.5 Å². The highest BCUT2D eigenvalue weighted by Crippen LogP contribution is 2.26. The molecule has 0 saturated carbocycles. The van der Waals surface area contributed by atoms with Gasteiger partial charge in [0.15, 0.2) is 0 Å². The molecule has 4 heteroatoms. The molecule has 0 spiro atoms. The molecule has 0 radical (unpaired) electrons. The molecule has 4 N–H and O–H groups in total. The van der Waals surface area contributed by atoms with Gasteiger partial charge in [-0.15, -0.1) is 0 Å². The number of aromatic amines is 1. The standard InChI is InChI=1S/C13H17N3O/c1-8(2)11-5-4-10(6-13(11)17)16-9(3)12(14)7-15-16/h4-8,17H,14H2,1-3H3/p+1. The average molecular weight is 232 g/mol. The first-order valence-corrected chi connectivity index (χ1v) is 5.69. The predicted molar refractivity (Wildman–Crippen MR) is 67.2 cm³/mol. The number of phenols is 1. The Bertz CT molecular complexity index is 544. The third-order valence-electron chi connectivity index (χ3n) is 3.00. The van der Waals surface area contributed by atoms with E-state index < -0.39 is 0 Å². The number of aromatic nitrogens is 2. The molecule has 0 bridgehead atoms. The molecule has 17 heavy (non-hydrogen) atoms. The van der Waals surface area contributed by atoms with Gasteiger partial charge >= 0.3 is 0 Å². The quantitative estimate of drug-likeness (QED) is 0.693. The number of aromatic hydroxyl groups is 1. The van der Waals surface area contributed by atoms with E-state index >= 15 is 0 Å². The van der Waals surface area contributed by atoms with Crippen LogP contribution in [0.1, 0.15) is 31.0 Å². The average Bonchev–Trinajstić information content (AvgIpc) is 2.59. The van der Waals surface area contributed by atoms with Crippen LogP contribution in [0, 0.1) is 6.92 Å². The van der Waals surface area contributed by atoms with Crippen LogP contribution in [0.15, 0.2) is 24.4 Å². The van der Waals surface area contributed by atoms with Gasteiger partial charge in [-0.3, -0.25) is 0 Å². The van der Waals surface area contributed by atoms with E-state index in [1.807, 2.05) is 23.7 Å². The number of hydrogen-bond donors (Lipinski definition) is 3. The molecule has 0 aliphatic rings. The van der Waals surface area contributed by atoms with Crippen LogP contribution in [-0.4, -0.2) is 10.2 Å². The number of benzene rings is 1. The summed E-state index contributed by atoms with van der Waals surface area (Å²) in [5, 5.41) is 13.0. The van der Waals surface area contributed by atoms with Gasteiger partial charge < -0.3 is 10.8 Å². The second-order valence-electron chi connectivity index (χ2n) is 4.55. The van der Waals surface area contributed by atoms with Crippen molar-refractivity contribution < 1.29 is 9.79 Å². The van der Waals surface area contributed by atoms with Crippen LogP contribution in [0.2, 0.25) is 0 Å². The second kappa shape index (κ2) is 4.13. The van der Waals surface area contributed by atoms with Crippen molar-refractivity contribution in [3.8, 4) is 11.4 Å². The highest BCUT2D eigenvalue weighted by molar-refractivity contribution is 5.43. The third-order valence-corrected chi connectivity index (χ3v) is 3.00. The van der Waals surface area contributed by atoms with Crippen molar-refractivity contribution in [2.75, 3.05) is 5.73 Å². The van der Waals surface area contributed by atoms with Crippen LogP contribution in [0.4, 0.5) is 5.69 Å². The van der Waals surface area contributed by atoms with Crippen LogP contribution >= 0.6 is 0 Å². The van der Waals surface area contributed by atoms with E-state index in [1.54, 1.807) is 12.3 Å². The maximum atomic E-state index is 9.96.